The van der Waals surface area contributed by atoms with Crippen LogP contribution in [-0.2, 0) is 11.3 Å². The Labute approximate surface area is 216 Å². The summed E-state index contributed by atoms with van der Waals surface area (Å²) in [6, 6.07) is 7.43. The number of carbonyl (C=O) groups is 1. The van der Waals surface area contributed by atoms with Crippen molar-refractivity contribution in [1.29, 1.82) is 0 Å². The van der Waals surface area contributed by atoms with Crippen molar-refractivity contribution in [2.24, 2.45) is 4.99 Å². The molecule has 0 bridgehead atoms. The molecular weight excluding hydrogens is 478 g/mol. The molecule has 1 aromatic carbocycles. The third-order valence-corrected chi connectivity index (χ3v) is 5.59. The number of methoxy groups -OCH3 is 2. The first-order chi connectivity index (χ1) is 17.5. The minimum Gasteiger partial charge on any atom is -0.497 e. The van der Waals surface area contributed by atoms with Crippen LogP contribution in [0.5, 0.6) is 11.5 Å². The first-order valence-electron chi connectivity index (χ1n) is 11.8. The Balaban J connectivity index is 1.99. The van der Waals surface area contributed by atoms with E-state index >= 15 is 0 Å². The summed E-state index contributed by atoms with van der Waals surface area (Å²) in [5.41, 5.74) is 0.737. The molecule has 0 spiro atoms. The van der Waals surface area contributed by atoms with Crippen LogP contribution in [0.1, 0.15) is 51.3 Å². The third kappa shape index (κ3) is 7.18. The van der Waals surface area contributed by atoms with Gasteiger partial charge >= 0.3 is 6.09 Å². The van der Waals surface area contributed by atoms with Gasteiger partial charge in [0.2, 0.25) is 0 Å². The predicted octanol–water partition coefficient (Wildman–Crippen LogP) is 4.48. The number of aliphatic imine (C=N–C) groups is 1. The molecule has 0 saturated carbocycles. The van der Waals surface area contributed by atoms with Crippen molar-refractivity contribution in [2.75, 3.05) is 14.2 Å². The highest BCUT2D eigenvalue weighted by Crippen LogP contribution is 2.28. The van der Waals surface area contributed by atoms with E-state index in [9.17, 15) is 14.9 Å². The molecule has 198 valence electrons. The molecule has 11 nitrogen and oxygen atoms in total. The summed E-state index contributed by atoms with van der Waals surface area (Å²) in [5.74, 6) is 1.61. The Morgan fingerprint density at radius 3 is 2.65 bits per heavy atom. The number of amides is 1. The maximum absolute atomic E-state index is 13.3. The smallest absolute Gasteiger partial charge is 0.416 e. The van der Waals surface area contributed by atoms with Gasteiger partial charge in [0.15, 0.2) is 5.84 Å². The second kappa shape index (κ2) is 11.7. The summed E-state index contributed by atoms with van der Waals surface area (Å²) < 4.78 is 16.4. The third-order valence-electron chi connectivity index (χ3n) is 5.59. The van der Waals surface area contributed by atoms with Crippen LogP contribution >= 0.6 is 0 Å². The number of rotatable bonds is 8. The lowest BCUT2D eigenvalue weighted by atomic mass is 10.1. The highest BCUT2D eigenvalue weighted by Gasteiger charge is 2.35. The van der Waals surface area contributed by atoms with E-state index in [2.05, 4.69) is 15.3 Å². The molecule has 2 atom stereocenters. The summed E-state index contributed by atoms with van der Waals surface area (Å²) in [7, 11) is 3.08. The highest BCUT2D eigenvalue weighted by atomic mass is 16.6. The molecule has 11 heteroatoms. The van der Waals surface area contributed by atoms with Gasteiger partial charge in [0.1, 0.15) is 22.9 Å². The van der Waals surface area contributed by atoms with E-state index in [0.29, 0.717) is 22.9 Å². The van der Waals surface area contributed by atoms with Crippen LogP contribution in [0.25, 0.3) is 0 Å². The summed E-state index contributed by atoms with van der Waals surface area (Å²) in [4.78, 5) is 34.9. The average Bonchev–Trinajstić information content (AvgIpc) is 2.86. The maximum atomic E-state index is 13.3. The molecule has 0 fully saturated rings. The predicted molar refractivity (Wildman–Crippen MR) is 138 cm³/mol. The molecule has 0 aliphatic carbocycles. The molecule has 37 heavy (non-hydrogen) atoms. The SMILES string of the molecule is COc1ccc(CN(C(=O)OC(C)(C)C)C2=CCC([N+](=O)[O-])C(=N[C@H](C)c3cccnc3)N2)c(OC)c1. The van der Waals surface area contributed by atoms with E-state index in [-0.39, 0.29) is 23.7 Å². The number of ether oxygens (including phenoxy) is 3. The molecule has 0 saturated heterocycles. The number of nitrogens with zero attached hydrogens (tertiary/aromatic N) is 4. The van der Waals surface area contributed by atoms with Crippen LogP contribution in [0.2, 0.25) is 0 Å². The number of amidine groups is 1. The highest BCUT2D eigenvalue weighted by molar-refractivity contribution is 5.90. The van der Waals surface area contributed by atoms with E-state index in [1.807, 2.05) is 13.0 Å². The molecule has 1 aliphatic heterocycles. The summed E-state index contributed by atoms with van der Waals surface area (Å²) in [5, 5.41) is 14.9. The molecule has 1 aromatic heterocycles. The summed E-state index contributed by atoms with van der Waals surface area (Å²) in [6.07, 6.45) is 4.35. The van der Waals surface area contributed by atoms with Crippen LogP contribution in [-0.4, -0.2) is 52.6 Å². The molecule has 1 unspecified atom stereocenters. The van der Waals surface area contributed by atoms with Gasteiger partial charge in [0, 0.05) is 35.4 Å². The molecule has 1 aliphatic rings. The summed E-state index contributed by atoms with van der Waals surface area (Å²) in [6.45, 7) is 7.21. The van der Waals surface area contributed by atoms with Gasteiger partial charge in [-0.1, -0.05) is 6.07 Å². The molecule has 2 heterocycles. The molecule has 1 amide bonds. The van der Waals surface area contributed by atoms with Crippen LogP contribution in [0.3, 0.4) is 0 Å². The van der Waals surface area contributed by atoms with Crippen molar-refractivity contribution in [3.63, 3.8) is 0 Å². The van der Waals surface area contributed by atoms with Gasteiger partial charge in [-0.15, -0.1) is 0 Å². The van der Waals surface area contributed by atoms with E-state index in [4.69, 9.17) is 14.2 Å². The normalized spacial score (nSPS) is 17.3. The Morgan fingerprint density at radius 2 is 2.05 bits per heavy atom. The second-order valence-electron chi connectivity index (χ2n) is 9.47. The fourth-order valence-corrected chi connectivity index (χ4v) is 3.71. The molecule has 2 aromatic rings. The standard InChI is InChI=1S/C26H33N5O6/c1-17(18-8-7-13-27-15-18)28-24-21(31(33)34)11-12-23(29-24)30(25(32)37-26(2,3)4)16-19-9-10-20(35-5)14-22(19)36-6/h7-10,12-15,17,21H,11,16H2,1-6H3,(H,28,29)/t17-,21?/m1/s1. The Morgan fingerprint density at radius 1 is 1.30 bits per heavy atom. The van der Waals surface area contributed by atoms with Crippen molar-refractivity contribution in [3.8, 4) is 11.5 Å². The van der Waals surface area contributed by atoms with Crippen molar-refractivity contribution in [3.05, 3.63) is 75.9 Å². The average molecular weight is 512 g/mol. The lowest BCUT2D eigenvalue weighted by Gasteiger charge is -2.32. The van der Waals surface area contributed by atoms with Crippen molar-refractivity contribution in [1.82, 2.24) is 15.2 Å². The quantitative estimate of drug-likeness (QED) is 0.406. The first kappa shape index (κ1) is 27.4. The lowest BCUT2D eigenvalue weighted by molar-refractivity contribution is -0.502. The molecule has 0 radical (unpaired) electrons. The van der Waals surface area contributed by atoms with Gasteiger partial charge in [-0.2, -0.15) is 0 Å². The monoisotopic (exact) mass is 511 g/mol. The van der Waals surface area contributed by atoms with Gasteiger partial charge in [0.05, 0.1) is 26.8 Å². The lowest BCUT2D eigenvalue weighted by Crippen LogP contribution is -2.48. The van der Waals surface area contributed by atoms with E-state index in [0.717, 1.165) is 5.56 Å². The topological polar surface area (TPSA) is 128 Å². The molecule has 3 rings (SSSR count). The van der Waals surface area contributed by atoms with Crippen molar-refractivity contribution in [2.45, 2.75) is 58.3 Å². The zero-order valence-corrected chi connectivity index (χ0v) is 21.9. The second-order valence-corrected chi connectivity index (χ2v) is 9.47. The largest absolute Gasteiger partial charge is 0.497 e. The number of hydrogen-bond acceptors (Lipinski definition) is 8. The van der Waals surface area contributed by atoms with Crippen LogP contribution in [0, 0.1) is 10.1 Å². The van der Waals surface area contributed by atoms with Gasteiger partial charge in [-0.25, -0.2) is 4.79 Å². The number of hydrogen-bond donors (Lipinski definition) is 1. The number of pyridine rings is 1. The minimum absolute atomic E-state index is 0.0486. The van der Waals surface area contributed by atoms with Crippen molar-refractivity contribution >= 4 is 11.9 Å². The molecule has 1 N–H and O–H groups in total. The van der Waals surface area contributed by atoms with Crippen LogP contribution < -0.4 is 14.8 Å². The summed E-state index contributed by atoms with van der Waals surface area (Å²) >= 11 is 0. The number of nitrogens with one attached hydrogen (secondary N) is 1. The van der Waals surface area contributed by atoms with Crippen LogP contribution in [0.4, 0.5) is 4.79 Å². The first-order valence-corrected chi connectivity index (χ1v) is 11.8. The number of nitro groups is 1. The number of benzene rings is 1. The minimum atomic E-state index is -1.08. The van der Waals surface area contributed by atoms with Gasteiger partial charge < -0.3 is 19.5 Å². The Kier molecular flexibility index (Phi) is 8.69. The zero-order valence-electron chi connectivity index (χ0n) is 21.9. The Hall–Kier alpha value is -4.15. The zero-order chi connectivity index (χ0) is 27.2. The van der Waals surface area contributed by atoms with Crippen LogP contribution in [0.15, 0.2) is 59.6 Å². The Bertz CT molecular complexity index is 1180. The van der Waals surface area contributed by atoms with Gasteiger partial charge in [-0.3, -0.25) is 25.0 Å². The number of aromatic nitrogens is 1. The number of carbonyl (C=O) groups excluding carboxylic acids is 1. The molecular formula is C26H33N5O6. The van der Waals surface area contributed by atoms with Gasteiger partial charge in [0.25, 0.3) is 6.04 Å². The van der Waals surface area contributed by atoms with Crippen molar-refractivity contribution < 1.29 is 23.9 Å². The maximum Gasteiger partial charge on any atom is 0.416 e. The fourth-order valence-electron chi connectivity index (χ4n) is 3.71. The van der Waals surface area contributed by atoms with Gasteiger partial charge in [-0.05, 0) is 57.5 Å². The van der Waals surface area contributed by atoms with E-state index in [1.54, 1.807) is 70.6 Å². The van der Waals surface area contributed by atoms with E-state index in [1.165, 1.54) is 12.0 Å². The fraction of sp³-hybridized carbons (Fsp3) is 0.423. The van der Waals surface area contributed by atoms with E-state index < -0.39 is 23.8 Å².